The molecular weight excluding hydrogens is 308 g/mol. The number of rotatable bonds is 6. The summed E-state index contributed by atoms with van der Waals surface area (Å²) in [7, 11) is 0. The number of aliphatic hydroxyl groups excluding tert-OH is 2. The molecule has 0 aliphatic carbocycles. The lowest BCUT2D eigenvalue weighted by Gasteiger charge is -2.12. The van der Waals surface area contributed by atoms with E-state index in [0.717, 1.165) is 0 Å². The summed E-state index contributed by atoms with van der Waals surface area (Å²) in [6.45, 7) is -0.129. The Kier molecular flexibility index (Phi) is 6.48. The van der Waals surface area contributed by atoms with Gasteiger partial charge in [-0.25, -0.2) is 0 Å². The van der Waals surface area contributed by atoms with Crippen LogP contribution in [0.1, 0.15) is 31.8 Å². The Morgan fingerprint density at radius 3 is 1.46 bits per heavy atom. The second kappa shape index (κ2) is 8.81. The number of hydrogen-bond acceptors (Lipinski definition) is 4. The zero-order valence-electron chi connectivity index (χ0n) is 13.2. The number of carbonyl (C=O) groups excluding carboxylic acids is 2. The summed E-state index contributed by atoms with van der Waals surface area (Å²) in [4.78, 5) is 24.5. The molecule has 2 aromatic rings. The van der Waals surface area contributed by atoms with Gasteiger partial charge in [0.25, 0.3) is 11.8 Å². The Bertz CT molecular complexity index is 654. The van der Waals surface area contributed by atoms with Crippen LogP contribution in [0.2, 0.25) is 0 Å². The predicted molar refractivity (Wildman–Crippen MR) is 89.4 cm³/mol. The number of hydrazine groups is 1. The smallest absolute Gasteiger partial charge is 0.269 e. The Morgan fingerprint density at radius 2 is 1.08 bits per heavy atom. The average Bonchev–Trinajstić information content (AvgIpc) is 2.61. The van der Waals surface area contributed by atoms with Gasteiger partial charge in [0.1, 0.15) is 0 Å². The first kappa shape index (κ1) is 17.7. The van der Waals surface area contributed by atoms with E-state index in [4.69, 9.17) is 10.2 Å². The number of carbonyl (C=O) groups is 2. The second-order valence-corrected chi connectivity index (χ2v) is 5.17. The van der Waals surface area contributed by atoms with Crippen molar-refractivity contribution in [3.05, 3.63) is 70.8 Å². The van der Waals surface area contributed by atoms with Crippen molar-refractivity contribution in [2.75, 3.05) is 13.2 Å². The Labute approximate surface area is 140 Å². The highest BCUT2D eigenvalue weighted by molar-refractivity contribution is 6.00. The van der Waals surface area contributed by atoms with E-state index in [0.29, 0.717) is 35.1 Å². The molecule has 0 bridgehead atoms. The highest BCUT2D eigenvalue weighted by atomic mass is 16.3. The van der Waals surface area contributed by atoms with E-state index < -0.39 is 11.8 Å². The number of hydrogen-bond donors (Lipinski definition) is 4. The van der Waals surface area contributed by atoms with Crippen molar-refractivity contribution in [3.8, 4) is 0 Å². The van der Waals surface area contributed by atoms with Gasteiger partial charge in [-0.3, -0.25) is 20.4 Å². The van der Waals surface area contributed by atoms with Crippen molar-refractivity contribution in [3.63, 3.8) is 0 Å². The summed E-state index contributed by atoms with van der Waals surface area (Å²) in [5.74, 6) is -0.904. The SMILES string of the molecule is O=C(NNC(=O)c1ccccc1CCO)c1ccccc1CCO. The molecule has 2 amide bonds. The molecular formula is C18H20N2O4. The fraction of sp³-hybridized carbons (Fsp3) is 0.222. The van der Waals surface area contributed by atoms with Crippen molar-refractivity contribution >= 4 is 11.8 Å². The van der Waals surface area contributed by atoms with E-state index in [9.17, 15) is 9.59 Å². The number of benzene rings is 2. The quantitative estimate of drug-likeness (QED) is 0.590. The van der Waals surface area contributed by atoms with Gasteiger partial charge in [0.05, 0.1) is 0 Å². The fourth-order valence-electron chi connectivity index (χ4n) is 2.41. The lowest BCUT2D eigenvalue weighted by Crippen LogP contribution is -2.42. The summed E-state index contributed by atoms with van der Waals surface area (Å²) in [5.41, 5.74) is 6.97. The first-order chi connectivity index (χ1) is 11.7. The molecule has 2 rings (SSSR count). The van der Waals surface area contributed by atoms with Crippen molar-refractivity contribution in [2.24, 2.45) is 0 Å². The van der Waals surface area contributed by atoms with Gasteiger partial charge in [0.15, 0.2) is 0 Å². The van der Waals surface area contributed by atoms with Gasteiger partial charge in [-0.05, 0) is 36.1 Å². The normalized spacial score (nSPS) is 10.2. The molecule has 0 aliphatic heterocycles. The van der Waals surface area contributed by atoms with Gasteiger partial charge < -0.3 is 10.2 Å². The third-order valence-electron chi connectivity index (χ3n) is 3.58. The minimum atomic E-state index is -0.452. The molecule has 126 valence electrons. The molecule has 0 aliphatic rings. The van der Waals surface area contributed by atoms with Crippen molar-refractivity contribution in [1.82, 2.24) is 10.9 Å². The number of amides is 2. The summed E-state index contributed by atoms with van der Waals surface area (Å²) in [6.07, 6.45) is 0.716. The van der Waals surface area contributed by atoms with Crippen LogP contribution in [0.3, 0.4) is 0 Å². The molecule has 6 nitrogen and oxygen atoms in total. The average molecular weight is 328 g/mol. The molecule has 0 atom stereocenters. The molecule has 0 heterocycles. The lowest BCUT2D eigenvalue weighted by atomic mass is 10.0. The summed E-state index contributed by atoms with van der Waals surface area (Å²) >= 11 is 0. The maximum absolute atomic E-state index is 12.2. The molecule has 0 saturated carbocycles. The molecule has 0 saturated heterocycles. The molecule has 2 aromatic carbocycles. The van der Waals surface area contributed by atoms with Crippen LogP contribution in [0.5, 0.6) is 0 Å². The molecule has 6 heteroatoms. The van der Waals surface area contributed by atoms with Gasteiger partial charge in [-0.2, -0.15) is 0 Å². The first-order valence-electron chi connectivity index (χ1n) is 7.65. The maximum Gasteiger partial charge on any atom is 0.269 e. The van der Waals surface area contributed by atoms with E-state index in [-0.39, 0.29) is 13.2 Å². The molecule has 24 heavy (non-hydrogen) atoms. The predicted octanol–water partition coefficient (Wildman–Crippen LogP) is 0.831. The summed E-state index contributed by atoms with van der Waals surface area (Å²) in [5, 5.41) is 18.1. The van der Waals surface area contributed by atoms with Crippen molar-refractivity contribution in [1.29, 1.82) is 0 Å². The van der Waals surface area contributed by atoms with Crippen LogP contribution in [0.15, 0.2) is 48.5 Å². The van der Waals surface area contributed by atoms with E-state index in [2.05, 4.69) is 10.9 Å². The summed E-state index contributed by atoms with van der Waals surface area (Å²) in [6, 6.07) is 13.8. The highest BCUT2D eigenvalue weighted by Crippen LogP contribution is 2.10. The molecule has 0 unspecified atom stereocenters. The van der Waals surface area contributed by atoms with Crippen molar-refractivity contribution in [2.45, 2.75) is 12.8 Å². The fourth-order valence-corrected chi connectivity index (χ4v) is 2.41. The Morgan fingerprint density at radius 1 is 0.708 bits per heavy atom. The van der Waals surface area contributed by atoms with Crippen LogP contribution in [0, 0.1) is 0 Å². The lowest BCUT2D eigenvalue weighted by molar-refractivity contribution is 0.0845. The molecule has 4 N–H and O–H groups in total. The minimum Gasteiger partial charge on any atom is -0.396 e. The third-order valence-corrected chi connectivity index (χ3v) is 3.58. The van der Waals surface area contributed by atoms with Crippen LogP contribution < -0.4 is 10.9 Å². The summed E-state index contributed by atoms with van der Waals surface area (Å²) < 4.78 is 0. The van der Waals surface area contributed by atoms with E-state index in [1.54, 1.807) is 48.5 Å². The van der Waals surface area contributed by atoms with Gasteiger partial charge in [0.2, 0.25) is 0 Å². The van der Waals surface area contributed by atoms with Crippen LogP contribution in [-0.2, 0) is 12.8 Å². The van der Waals surface area contributed by atoms with Gasteiger partial charge in [0, 0.05) is 24.3 Å². The second-order valence-electron chi connectivity index (χ2n) is 5.17. The zero-order valence-corrected chi connectivity index (χ0v) is 13.2. The van der Waals surface area contributed by atoms with E-state index >= 15 is 0 Å². The van der Waals surface area contributed by atoms with Crippen LogP contribution in [0.25, 0.3) is 0 Å². The van der Waals surface area contributed by atoms with E-state index in [1.807, 2.05) is 0 Å². The maximum atomic E-state index is 12.2. The Balaban J connectivity index is 2.06. The van der Waals surface area contributed by atoms with Crippen molar-refractivity contribution < 1.29 is 19.8 Å². The Hall–Kier alpha value is -2.70. The number of aliphatic hydroxyl groups is 2. The van der Waals surface area contributed by atoms with Crippen LogP contribution in [-0.4, -0.2) is 35.2 Å². The zero-order chi connectivity index (χ0) is 17.4. The topological polar surface area (TPSA) is 98.7 Å². The van der Waals surface area contributed by atoms with Gasteiger partial charge >= 0.3 is 0 Å². The monoisotopic (exact) mass is 328 g/mol. The molecule has 0 fully saturated rings. The molecule has 0 spiro atoms. The first-order valence-corrected chi connectivity index (χ1v) is 7.65. The van der Waals surface area contributed by atoms with Crippen LogP contribution >= 0.6 is 0 Å². The molecule has 0 aromatic heterocycles. The standard InChI is InChI=1S/C18H20N2O4/c21-11-9-13-5-1-3-7-15(13)17(23)19-20-18(24)16-8-4-2-6-14(16)10-12-22/h1-8,21-22H,9-12H2,(H,19,23)(H,20,24). The highest BCUT2D eigenvalue weighted by Gasteiger charge is 2.14. The third kappa shape index (κ3) is 4.41. The van der Waals surface area contributed by atoms with E-state index in [1.165, 1.54) is 0 Å². The van der Waals surface area contributed by atoms with Crippen LogP contribution in [0.4, 0.5) is 0 Å². The molecule has 0 radical (unpaired) electrons. The van der Waals surface area contributed by atoms with Gasteiger partial charge in [-0.1, -0.05) is 36.4 Å². The minimum absolute atomic E-state index is 0.0643. The number of nitrogens with one attached hydrogen (secondary N) is 2. The van der Waals surface area contributed by atoms with Gasteiger partial charge in [-0.15, -0.1) is 0 Å². The largest absolute Gasteiger partial charge is 0.396 e.